The van der Waals surface area contributed by atoms with Crippen LogP contribution in [0, 0.1) is 0 Å². The van der Waals surface area contributed by atoms with Crippen LogP contribution in [0.25, 0.3) is 0 Å². The molecule has 5 nitrogen and oxygen atoms in total. The molecule has 0 radical (unpaired) electrons. The van der Waals surface area contributed by atoms with Crippen LogP contribution in [0.2, 0.25) is 0 Å². The van der Waals surface area contributed by atoms with E-state index in [0.717, 1.165) is 0 Å². The number of aromatic nitrogens is 1. The zero-order valence-corrected chi connectivity index (χ0v) is 7.35. The van der Waals surface area contributed by atoms with Crippen molar-refractivity contribution in [2.75, 3.05) is 0 Å². The molecule has 13 heavy (non-hydrogen) atoms. The fourth-order valence-electron chi connectivity index (χ4n) is 1.12. The van der Waals surface area contributed by atoms with E-state index >= 15 is 0 Å². The average molecular weight is 185 g/mol. The van der Waals surface area contributed by atoms with Gasteiger partial charge in [0.05, 0.1) is 6.20 Å². The fourth-order valence-corrected chi connectivity index (χ4v) is 1.12. The molecule has 0 aliphatic rings. The van der Waals surface area contributed by atoms with Gasteiger partial charge in [0.15, 0.2) is 17.2 Å². The van der Waals surface area contributed by atoms with Crippen LogP contribution in [0.5, 0.6) is 11.5 Å². The summed E-state index contributed by atoms with van der Waals surface area (Å²) in [6, 6.07) is -0.127. The van der Waals surface area contributed by atoms with E-state index in [9.17, 15) is 9.90 Å². The van der Waals surface area contributed by atoms with Gasteiger partial charge in [0, 0.05) is 6.04 Å². The normalized spacial score (nSPS) is 10.7. The number of aromatic carboxylic acids is 1. The highest BCUT2D eigenvalue weighted by Crippen LogP contribution is 2.32. The predicted molar refractivity (Wildman–Crippen MR) is 45.1 cm³/mol. The van der Waals surface area contributed by atoms with Gasteiger partial charge in [0.2, 0.25) is 0 Å². The Morgan fingerprint density at radius 3 is 2.31 bits per heavy atom. The van der Waals surface area contributed by atoms with E-state index < -0.39 is 17.5 Å². The molecular formula is C8H11NO4. The lowest BCUT2D eigenvalue weighted by Crippen LogP contribution is -2.09. The number of hydrogen-bond acceptors (Lipinski definition) is 3. The third kappa shape index (κ3) is 1.44. The highest BCUT2D eigenvalue weighted by Gasteiger charge is 2.21. The van der Waals surface area contributed by atoms with E-state index in [0.29, 0.717) is 0 Å². The van der Waals surface area contributed by atoms with Crippen LogP contribution in [-0.2, 0) is 0 Å². The minimum absolute atomic E-state index is 0.127. The summed E-state index contributed by atoms with van der Waals surface area (Å²) in [7, 11) is 0. The Balaban J connectivity index is 3.35. The summed E-state index contributed by atoms with van der Waals surface area (Å²) in [5, 5.41) is 27.0. The van der Waals surface area contributed by atoms with E-state index in [1.165, 1.54) is 10.8 Å². The molecule has 0 aliphatic heterocycles. The first kappa shape index (κ1) is 9.44. The third-order valence-electron chi connectivity index (χ3n) is 1.75. The lowest BCUT2D eigenvalue weighted by molar-refractivity contribution is 0.0679. The summed E-state index contributed by atoms with van der Waals surface area (Å²) >= 11 is 0. The van der Waals surface area contributed by atoms with Crippen LogP contribution < -0.4 is 0 Å². The maximum Gasteiger partial charge on any atom is 0.356 e. The van der Waals surface area contributed by atoms with Gasteiger partial charge in [-0.2, -0.15) is 0 Å². The number of carboxylic acid groups (broad SMARTS) is 1. The molecule has 0 bridgehead atoms. The zero-order chi connectivity index (χ0) is 10.2. The SMILES string of the molecule is CC(C)n1cc(O)c(O)c1C(=O)O. The number of hydrogen-bond donors (Lipinski definition) is 3. The number of aromatic hydroxyl groups is 2. The van der Waals surface area contributed by atoms with Crippen molar-refractivity contribution in [3.05, 3.63) is 11.9 Å². The van der Waals surface area contributed by atoms with E-state index in [1.54, 1.807) is 13.8 Å². The topological polar surface area (TPSA) is 82.7 Å². The van der Waals surface area contributed by atoms with E-state index in [1.807, 2.05) is 0 Å². The number of rotatable bonds is 2. The Hall–Kier alpha value is -1.65. The molecule has 1 heterocycles. The average Bonchev–Trinajstić information content (AvgIpc) is 2.28. The molecule has 0 saturated carbocycles. The largest absolute Gasteiger partial charge is 0.503 e. The summed E-state index contributed by atoms with van der Waals surface area (Å²) in [5.74, 6) is -2.25. The van der Waals surface area contributed by atoms with Gasteiger partial charge in [-0.15, -0.1) is 0 Å². The summed E-state index contributed by atoms with van der Waals surface area (Å²) in [6.07, 6.45) is 1.20. The first-order chi connectivity index (χ1) is 5.95. The maximum absolute atomic E-state index is 10.7. The van der Waals surface area contributed by atoms with Crippen LogP contribution in [-0.4, -0.2) is 25.9 Å². The molecule has 0 aromatic carbocycles. The van der Waals surface area contributed by atoms with Gasteiger partial charge in [-0.1, -0.05) is 0 Å². The minimum Gasteiger partial charge on any atom is -0.503 e. The smallest absolute Gasteiger partial charge is 0.356 e. The van der Waals surface area contributed by atoms with Gasteiger partial charge in [-0.3, -0.25) is 0 Å². The van der Waals surface area contributed by atoms with Gasteiger partial charge in [-0.25, -0.2) is 4.79 Å². The van der Waals surface area contributed by atoms with Crippen molar-refractivity contribution in [3.63, 3.8) is 0 Å². The molecule has 1 rings (SSSR count). The summed E-state index contributed by atoms with van der Waals surface area (Å²) in [4.78, 5) is 10.7. The number of carboxylic acids is 1. The van der Waals surface area contributed by atoms with Gasteiger partial charge in [0.1, 0.15) is 0 Å². The maximum atomic E-state index is 10.7. The molecule has 0 atom stereocenters. The quantitative estimate of drug-likeness (QED) is 0.646. The van der Waals surface area contributed by atoms with Crippen molar-refractivity contribution in [2.24, 2.45) is 0 Å². The Bertz CT molecular complexity index is 340. The Labute approximate surface area is 74.9 Å². The second kappa shape index (κ2) is 3.01. The lowest BCUT2D eigenvalue weighted by Gasteiger charge is -2.08. The lowest BCUT2D eigenvalue weighted by atomic mass is 10.3. The van der Waals surface area contributed by atoms with Gasteiger partial charge >= 0.3 is 5.97 Å². The van der Waals surface area contributed by atoms with Crippen molar-refractivity contribution in [3.8, 4) is 11.5 Å². The molecule has 1 aromatic heterocycles. The second-order valence-corrected chi connectivity index (χ2v) is 3.02. The van der Waals surface area contributed by atoms with Crippen molar-refractivity contribution in [1.29, 1.82) is 0 Å². The van der Waals surface area contributed by atoms with Crippen LogP contribution in [0.3, 0.4) is 0 Å². The van der Waals surface area contributed by atoms with Crippen molar-refractivity contribution in [1.82, 2.24) is 4.57 Å². The summed E-state index contributed by atoms with van der Waals surface area (Å²) in [5.41, 5.74) is -0.285. The molecule has 1 aromatic rings. The molecule has 0 saturated heterocycles. The highest BCUT2D eigenvalue weighted by molar-refractivity contribution is 5.90. The van der Waals surface area contributed by atoms with Gasteiger partial charge in [0.25, 0.3) is 0 Å². The molecule has 5 heteroatoms. The number of nitrogens with zero attached hydrogens (tertiary/aromatic N) is 1. The van der Waals surface area contributed by atoms with E-state index in [2.05, 4.69) is 0 Å². The first-order valence-electron chi connectivity index (χ1n) is 3.81. The highest BCUT2D eigenvalue weighted by atomic mass is 16.4. The Morgan fingerprint density at radius 2 is 2.00 bits per heavy atom. The Kier molecular flexibility index (Phi) is 2.18. The second-order valence-electron chi connectivity index (χ2n) is 3.02. The third-order valence-corrected chi connectivity index (χ3v) is 1.75. The summed E-state index contributed by atoms with van der Waals surface area (Å²) in [6.45, 7) is 3.51. The minimum atomic E-state index is -1.26. The standard InChI is InChI=1S/C8H11NO4/c1-4(2)9-3-5(10)7(11)6(9)8(12)13/h3-4,10-11H,1-2H3,(H,12,13). The van der Waals surface area contributed by atoms with Crippen molar-refractivity contribution >= 4 is 5.97 Å². The van der Waals surface area contributed by atoms with E-state index in [4.69, 9.17) is 10.2 Å². The molecule has 0 spiro atoms. The first-order valence-corrected chi connectivity index (χ1v) is 3.81. The van der Waals surface area contributed by atoms with Crippen LogP contribution in [0.1, 0.15) is 30.4 Å². The molecule has 3 N–H and O–H groups in total. The number of carbonyl (C=O) groups is 1. The molecule has 0 fully saturated rings. The molecule has 0 amide bonds. The molecular weight excluding hydrogens is 174 g/mol. The van der Waals surface area contributed by atoms with Crippen LogP contribution in [0.4, 0.5) is 0 Å². The van der Waals surface area contributed by atoms with Gasteiger partial charge < -0.3 is 19.9 Å². The van der Waals surface area contributed by atoms with Gasteiger partial charge in [-0.05, 0) is 13.8 Å². The van der Waals surface area contributed by atoms with Crippen LogP contribution in [0.15, 0.2) is 6.20 Å². The fraction of sp³-hybridized carbons (Fsp3) is 0.375. The molecule has 0 unspecified atom stereocenters. The molecule has 0 aliphatic carbocycles. The van der Waals surface area contributed by atoms with Crippen molar-refractivity contribution < 1.29 is 20.1 Å². The predicted octanol–water partition coefficient (Wildman–Crippen LogP) is 1.18. The molecule has 72 valence electrons. The van der Waals surface area contributed by atoms with Crippen LogP contribution >= 0.6 is 0 Å². The Morgan fingerprint density at radius 1 is 1.46 bits per heavy atom. The monoisotopic (exact) mass is 185 g/mol. The zero-order valence-electron chi connectivity index (χ0n) is 7.35. The van der Waals surface area contributed by atoms with E-state index in [-0.39, 0.29) is 11.7 Å². The summed E-state index contributed by atoms with van der Waals surface area (Å²) < 4.78 is 1.30. The van der Waals surface area contributed by atoms with Crippen molar-refractivity contribution in [2.45, 2.75) is 19.9 Å².